The number of aryl methyl sites for hydroxylation is 1. The zero-order valence-electron chi connectivity index (χ0n) is 15.3. The quantitative estimate of drug-likeness (QED) is 0.427. The number of carbonyl (C=O) groups excluding carboxylic acids is 3. The summed E-state index contributed by atoms with van der Waals surface area (Å²) in [5.74, 6) is -1.88. The lowest BCUT2D eigenvalue weighted by atomic mass is 10.2. The summed E-state index contributed by atoms with van der Waals surface area (Å²) in [5.41, 5.74) is 1.09. The third-order valence-electron chi connectivity index (χ3n) is 3.79. The molecule has 0 aromatic heterocycles. The molecule has 0 radical (unpaired) electrons. The number of nitro benzene ring substituents is 1. The van der Waals surface area contributed by atoms with Gasteiger partial charge in [0.05, 0.1) is 10.6 Å². The summed E-state index contributed by atoms with van der Waals surface area (Å²) in [7, 11) is 0. The number of nitro groups is 1. The van der Waals surface area contributed by atoms with Crippen LogP contribution in [0.2, 0.25) is 0 Å². The number of rotatable bonds is 7. The van der Waals surface area contributed by atoms with Crippen LogP contribution < -0.4 is 10.6 Å². The monoisotopic (exact) mass is 385 g/mol. The molecule has 1 atom stereocenters. The molecule has 0 saturated carbocycles. The van der Waals surface area contributed by atoms with E-state index in [0.717, 1.165) is 0 Å². The molecule has 2 N–H and O–H groups in total. The summed E-state index contributed by atoms with van der Waals surface area (Å²) in [6.45, 7) is 2.52. The van der Waals surface area contributed by atoms with Crippen molar-refractivity contribution in [1.82, 2.24) is 5.32 Å². The Balaban J connectivity index is 1.86. The first-order valence-electron chi connectivity index (χ1n) is 8.35. The Morgan fingerprint density at radius 2 is 1.82 bits per heavy atom. The van der Waals surface area contributed by atoms with Crippen molar-refractivity contribution in [3.8, 4) is 0 Å². The lowest BCUT2D eigenvalue weighted by Gasteiger charge is -2.14. The standard InChI is InChI=1S/C19H19N3O6/c1-12-8-9-15(22(26)27)10-16(12)21-17(23)11-28-19(25)13(2)20-18(24)14-6-4-3-5-7-14/h3-10,13H,11H2,1-2H3,(H,20,24)(H,21,23)/t13-/m0/s1. The van der Waals surface area contributed by atoms with Gasteiger partial charge in [-0.2, -0.15) is 0 Å². The highest BCUT2D eigenvalue weighted by Crippen LogP contribution is 2.21. The average molecular weight is 385 g/mol. The Bertz CT molecular complexity index is 898. The van der Waals surface area contributed by atoms with Gasteiger partial charge in [-0.25, -0.2) is 4.79 Å². The van der Waals surface area contributed by atoms with E-state index in [1.54, 1.807) is 37.3 Å². The molecule has 9 heteroatoms. The summed E-state index contributed by atoms with van der Waals surface area (Å²) < 4.78 is 4.89. The molecule has 9 nitrogen and oxygen atoms in total. The molecule has 2 rings (SSSR count). The fourth-order valence-corrected chi connectivity index (χ4v) is 2.23. The van der Waals surface area contributed by atoms with Gasteiger partial charge in [0.15, 0.2) is 6.61 Å². The Morgan fingerprint density at radius 3 is 2.46 bits per heavy atom. The molecule has 0 spiro atoms. The van der Waals surface area contributed by atoms with E-state index in [1.165, 1.54) is 25.1 Å². The van der Waals surface area contributed by atoms with Crippen LogP contribution in [0, 0.1) is 17.0 Å². The molecular formula is C19H19N3O6. The Kier molecular flexibility index (Phi) is 6.80. The second kappa shape index (κ2) is 9.26. The van der Waals surface area contributed by atoms with Gasteiger partial charge in [0.1, 0.15) is 6.04 Å². The molecule has 2 amide bonds. The summed E-state index contributed by atoms with van der Waals surface area (Å²) in [6, 6.07) is 11.4. The Morgan fingerprint density at radius 1 is 1.14 bits per heavy atom. The van der Waals surface area contributed by atoms with Crippen molar-refractivity contribution >= 4 is 29.2 Å². The summed E-state index contributed by atoms with van der Waals surface area (Å²) in [6.07, 6.45) is 0. The molecule has 0 aliphatic heterocycles. The zero-order chi connectivity index (χ0) is 20.7. The first-order valence-corrected chi connectivity index (χ1v) is 8.35. The number of nitrogens with zero attached hydrogens (tertiary/aromatic N) is 1. The van der Waals surface area contributed by atoms with Gasteiger partial charge in [-0.3, -0.25) is 19.7 Å². The van der Waals surface area contributed by atoms with Gasteiger partial charge < -0.3 is 15.4 Å². The SMILES string of the molecule is Cc1ccc([N+](=O)[O-])cc1NC(=O)COC(=O)[C@H](C)NC(=O)c1ccccc1. The normalized spacial score (nSPS) is 11.2. The number of anilines is 1. The lowest BCUT2D eigenvalue weighted by molar-refractivity contribution is -0.384. The number of esters is 1. The smallest absolute Gasteiger partial charge is 0.328 e. The molecule has 0 heterocycles. The number of non-ortho nitro benzene ring substituents is 1. The van der Waals surface area contributed by atoms with E-state index in [-0.39, 0.29) is 11.4 Å². The largest absolute Gasteiger partial charge is 0.454 e. The predicted octanol–water partition coefficient (Wildman–Crippen LogP) is 2.20. The Labute approximate surface area is 160 Å². The second-order valence-electron chi connectivity index (χ2n) is 5.97. The minimum absolute atomic E-state index is 0.171. The number of benzene rings is 2. The van der Waals surface area contributed by atoms with Crippen molar-refractivity contribution in [3.05, 3.63) is 69.8 Å². The van der Waals surface area contributed by atoms with Gasteiger partial charge in [-0.15, -0.1) is 0 Å². The minimum Gasteiger partial charge on any atom is -0.454 e. The van der Waals surface area contributed by atoms with Crippen LogP contribution in [0.3, 0.4) is 0 Å². The molecule has 0 aliphatic rings. The van der Waals surface area contributed by atoms with Gasteiger partial charge in [-0.05, 0) is 31.5 Å². The van der Waals surface area contributed by atoms with E-state index in [4.69, 9.17) is 4.74 Å². The highest BCUT2D eigenvalue weighted by Gasteiger charge is 2.19. The number of nitrogens with one attached hydrogen (secondary N) is 2. The molecule has 2 aromatic rings. The van der Waals surface area contributed by atoms with E-state index in [1.807, 2.05) is 0 Å². The third-order valence-corrected chi connectivity index (χ3v) is 3.79. The maximum absolute atomic E-state index is 12.0. The summed E-state index contributed by atoms with van der Waals surface area (Å²) >= 11 is 0. The van der Waals surface area contributed by atoms with Crippen LogP contribution in [0.4, 0.5) is 11.4 Å². The first kappa shape index (κ1) is 20.6. The average Bonchev–Trinajstić information content (AvgIpc) is 2.68. The van der Waals surface area contributed by atoms with Crippen LogP contribution in [-0.4, -0.2) is 35.4 Å². The van der Waals surface area contributed by atoms with Gasteiger partial charge in [0.25, 0.3) is 17.5 Å². The fourth-order valence-electron chi connectivity index (χ4n) is 2.23. The van der Waals surface area contributed by atoms with Gasteiger partial charge in [0, 0.05) is 17.7 Å². The molecule has 0 saturated heterocycles. The topological polar surface area (TPSA) is 128 Å². The minimum atomic E-state index is -0.958. The van der Waals surface area contributed by atoms with E-state index in [2.05, 4.69) is 10.6 Å². The van der Waals surface area contributed by atoms with Crippen LogP contribution in [-0.2, 0) is 14.3 Å². The van der Waals surface area contributed by atoms with Crippen LogP contribution in [0.15, 0.2) is 48.5 Å². The molecular weight excluding hydrogens is 366 g/mol. The first-order chi connectivity index (χ1) is 13.3. The molecule has 0 unspecified atom stereocenters. The molecule has 146 valence electrons. The summed E-state index contributed by atoms with van der Waals surface area (Å²) in [5, 5.41) is 15.8. The molecule has 0 bridgehead atoms. The van der Waals surface area contributed by atoms with E-state index in [9.17, 15) is 24.5 Å². The van der Waals surface area contributed by atoms with E-state index >= 15 is 0 Å². The van der Waals surface area contributed by atoms with Gasteiger partial charge in [0.2, 0.25) is 0 Å². The lowest BCUT2D eigenvalue weighted by Crippen LogP contribution is -2.40. The van der Waals surface area contributed by atoms with Gasteiger partial charge >= 0.3 is 5.97 Å². The predicted molar refractivity (Wildman–Crippen MR) is 101 cm³/mol. The van der Waals surface area contributed by atoms with Crippen molar-refractivity contribution in [3.63, 3.8) is 0 Å². The molecule has 28 heavy (non-hydrogen) atoms. The van der Waals surface area contributed by atoms with E-state index in [0.29, 0.717) is 11.1 Å². The fraction of sp³-hybridized carbons (Fsp3) is 0.211. The molecule has 2 aromatic carbocycles. The highest BCUT2D eigenvalue weighted by molar-refractivity contribution is 5.97. The maximum atomic E-state index is 12.0. The number of ether oxygens (including phenoxy) is 1. The second-order valence-corrected chi connectivity index (χ2v) is 5.97. The van der Waals surface area contributed by atoms with Crippen LogP contribution >= 0.6 is 0 Å². The van der Waals surface area contributed by atoms with Crippen molar-refractivity contribution < 1.29 is 24.0 Å². The maximum Gasteiger partial charge on any atom is 0.328 e. The number of amides is 2. The van der Waals surface area contributed by atoms with Crippen molar-refractivity contribution in [2.75, 3.05) is 11.9 Å². The number of hydrogen-bond donors (Lipinski definition) is 2. The van der Waals surface area contributed by atoms with Crippen LogP contribution in [0.1, 0.15) is 22.8 Å². The molecule has 0 fully saturated rings. The zero-order valence-corrected chi connectivity index (χ0v) is 15.3. The Hall–Kier alpha value is -3.75. The molecule has 0 aliphatic carbocycles. The van der Waals surface area contributed by atoms with Crippen molar-refractivity contribution in [1.29, 1.82) is 0 Å². The van der Waals surface area contributed by atoms with Crippen molar-refractivity contribution in [2.45, 2.75) is 19.9 Å². The number of carbonyl (C=O) groups is 3. The number of hydrogen-bond acceptors (Lipinski definition) is 6. The van der Waals surface area contributed by atoms with Crippen LogP contribution in [0.25, 0.3) is 0 Å². The highest BCUT2D eigenvalue weighted by atomic mass is 16.6. The van der Waals surface area contributed by atoms with Crippen LogP contribution in [0.5, 0.6) is 0 Å². The van der Waals surface area contributed by atoms with E-state index < -0.39 is 35.4 Å². The van der Waals surface area contributed by atoms with Crippen molar-refractivity contribution in [2.24, 2.45) is 0 Å². The summed E-state index contributed by atoms with van der Waals surface area (Å²) in [4.78, 5) is 46.2. The third kappa shape index (κ3) is 5.63. The van der Waals surface area contributed by atoms with Gasteiger partial charge in [-0.1, -0.05) is 24.3 Å².